The molecule has 1 saturated heterocycles. The lowest BCUT2D eigenvalue weighted by Crippen LogP contribution is -2.63. The van der Waals surface area contributed by atoms with E-state index in [1.807, 2.05) is 18.2 Å². The molecular formula is C22H32N4O2S. The molecule has 3 amide bonds. The maximum absolute atomic E-state index is 12.6. The number of thioether (sulfide) groups is 1. The Balaban J connectivity index is 1.62. The molecule has 2 heterocycles. The first-order chi connectivity index (χ1) is 14.1. The summed E-state index contributed by atoms with van der Waals surface area (Å²) in [5.41, 5.74) is 1.23. The third-order valence-corrected chi connectivity index (χ3v) is 6.63. The molecule has 2 unspecified atom stereocenters. The fourth-order valence-corrected chi connectivity index (χ4v) is 4.88. The van der Waals surface area contributed by atoms with E-state index in [1.54, 1.807) is 23.7 Å². The Morgan fingerprint density at radius 2 is 1.79 bits per heavy atom. The molecule has 158 valence electrons. The molecular weight excluding hydrogens is 384 g/mol. The Labute approximate surface area is 178 Å². The minimum atomic E-state index is -0.437. The van der Waals surface area contributed by atoms with Crippen molar-refractivity contribution < 1.29 is 9.59 Å². The largest absolute Gasteiger partial charge is 0.335 e. The first-order valence-electron chi connectivity index (χ1n) is 10.7. The van der Waals surface area contributed by atoms with Crippen molar-refractivity contribution in [3.63, 3.8) is 0 Å². The molecule has 2 atom stereocenters. The van der Waals surface area contributed by atoms with Gasteiger partial charge in [-0.25, -0.2) is 9.79 Å². The molecule has 2 aliphatic heterocycles. The van der Waals surface area contributed by atoms with Crippen molar-refractivity contribution in [3.05, 3.63) is 35.9 Å². The number of nitrogens with one attached hydrogen (secondary N) is 1. The summed E-state index contributed by atoms with van der Waals surface area (Å²) in [4.78, 5) is 33.0. The Kier molecular flexibility index (Phi) is 7.98. The second-order valence-electron chi connectivity index (χ2n) is 7.72. The average molecular weight is 417 g/mol. The Bertz CT molecular complexity index is 725. The minimum Gasteiger partial charge on any atom is -0.335 e. The van der Waals surface area contributed by atoms with Gasteiger partial charge in [0.2, 0.25) is 0 Å². The van der Waals surface area contributed by atoms with E-state index in [4.69, 9.17) is 4.99 Å². The van der Waals surface area contributed by atoms with Gasteiger partial charge in [-0.15, -0.1) is 0 Å². The van der Waals surface area contributed by atoms with Crippen molar-refractivity contribution in [1.29, 1.82) is 0 Å². The van der Waals surface area contributed by atoms with Crippen molar-refractivity contribution >= 4 is 28.9 Å². The summed E-state index contributed by atoms with van der Waals surface area (Å²) >= 11 is 1.72. The number of nitrogens with zero attached hydrogens (tertiary/aromatic N) is 3. The standard InChI is InChI=1S/C22H32N4O2S/c1-3-4-5-6-7-11-16-29-22-23-19-18(20(27)24-21(28)25(19)2)26(22)15-14-17-12-9-8-10-13-17/h8-10,12-13,18-19H,3-7,11,14-16H2,1-2H3,(H,24,27,28). The van der Waals surface area contributed by atoms with E-state index >= 15 is 0 Å². The quantitative estimate of drug-likeness (QED) is 0.588. The van der Waals surface area contributed by atoms with Gasteiger partial charge in [0.15, 0.2) is 17.4 Å². The Hall–Kier alpha value is -2.02. The molecule has 7 heteroatoms. The molecule has 3 rings (SSSR count). The van der Waals surface area contributed by atoms with Crippen LogP contribution in [0, 0.1) is 0 Å². The summed E-state index contributed by atoms with van der Waals surface area (Å²) in [6.07, 6.45) is 7.95. The third-order valence-electron chi connectivity index (χ3n) is 5.54. The monoisotopic (exact) mass is 416 g/mol. The Morgan fingerprint density at radius 1 is 1.07 bits per heavy atom. The number of benzene rings is 1. The lowest BCUT2D eigenvalue weighted by atomic mass is 10.1. The molecule has 1 N–H and O–H groups in total. The first-order valence-corrected chi connectivity index (χ1v) is 11.7. The normalized spacial score (nSPS) is 21.2. The van der Waals surface area contributed by atoms with Crippen LogP contribution in [0.5, 0.6) is 0 Å². The number of urea groups is 1. The molecule has 1 aromatic rings. The van der Waals surface area contributed by atoms with Crippen molar-refractivity contribution in [2.24, 2.45) is 4.99 Å². The number of aliphatic imine (C=N–C) groups is 1. The second kappa shape index (κ2) is 10.7. The molecule has 0 saturated carbocycles. The summed E-state index contributed by atoms with van der Waals surface area (Å²) in [5.74, 6) is 0.746. The van der Waals surface area contributed by atoms with Crippen molar-refractivity contribution in [3.8, 4) is 0 Å². The summed E-state index contributed by atoms with van der Waals surface area (Å²) in [5, 5.41) is 3.36. The van der Waals surface area contributed by atoms with E-state index in [0.29, 0.717) is 6.54 Å². The summed E-state index contributed by atoms with van der Waals surface area (Å²) in [6.45, 7) is 2.94. The molecule has 0 radical (unpaired) electrons. The predicted octanol–water partition coefficient (Wildman–Crippen LogP) is 3.87. The lowest BCUT2D eigenvalue weighted by Gasteiger charge is -2.36. The maximum atomic E-state index is 12.6. The zero-order valence-corrected chi connectivity index (χ0v) is 18.3. The van der Waals surface area contributed by atoms with Crippen LogP contribution in [0.15, 0.2) is 35.3 Å². The zero-order valence-electron chi connectivity index (χ0n) is 17.5. The highest BCUT2D eigenvalue weighted by atomic mass is 32.2. The van der Waals surface area contributed by atoms with E-state index in [2.05, 4.69) is 29.3 Å². The number of rotatable bonds is 10. The number of imide groups is 1. The molecule has 2 aliphatic rings. The molecule has 0 aliphatic carbocycles. The van der Waals surface area contributed by atoms with E-state index in [9.17, 15) is 9.59 Å². The molecule has 1 fully saturated rings. The van der Waals surface area contributed by atoms with Crippen LogP contribution in [0.1, 0.15) is 51.0 Å². The topological polar surface area (TPSA) is 65.0 Å². The van der Waals surface area contributed by atoms with Gasteiger partial charge in [0.05, 0.1) is 0 Å². The van der Waals surface area contributed by atoms with E-state index in [0.717, 1.165) is 23.8 Å². The van der Waals surface area contributed by atoms with Crippen LogP contribution < -0.4 is 5.32 Å². The van der Waals surface area contributed by atoms with E-state index in [-0.39, 0.29) is 11.9 Å². The molecule has 0 aromatic heterocycles. The van der Waals surface area contributed by atoms with Gasteiger partial charge >= 0.3 is 6.03 Å². The minimum absolute atomic E-state index is 0.245. The van der Waals surface area contributed by atoms with Gasteiger partial charge in [-0.3, -0.25) is 10.1 Å². The highest BCUT2D eigenvalue weighted by Gasteiger charge is 2.48. The number of carbonyl (C=O) groups excluding carboxylic acids is 2. The Morgan fingerprint density at radius 3 is 2.55 bits per heavy atom. The molecule has 0 bridgehead atoms. The van der Waals surface area contributed by atoms with Crippen LogP contribution in [-0.4, -0.2) is 58.5 Å². The number of unbranched alkanes of at least 4 members (excludes halogenated alkanes) is 5. The third kappa shape index (κ3) is 5.53. The number of amides is 3. The van der Waals surface area contributed by atoms with Gasteiger partial charge in [0.1, 0.15) is 0 Å². The lowest BCUT2D eigenvalue weighted by molar-refractivity contribution is -0.127. The van der Waals surface area contributed by atoms with Gasteiger partial charge in [0.25, 0.3) is 5.91 Å². The summed E-state index contributed by atoms with van der Waals surface area (Å²) < 4.78 is 0. The fraction of sp³-hybridized carbons (Fsp3) is 0.591. The number of hydrogen-bond acceptors (Lipinski definition) is 5. The van der Waals surface area contributed by atoms with Gasteiger partial charge in [-0.2, -0.15) is 0 Å². The molecule has 6 nitrogen and oxygen atoms in total. The van der Waals surface area contributed by atoms with E-state index in [1.165, 1.54) is 37.7 Å². The van der Waals surface area contributed by atoms with Gasteiger partial charge in [-0.05, 0) is 18.4 Å². The summed E-state index contributed by atoms with van der Waals surface area (Å²) in [7, 11) is 1.71. The molecule has 1 aromatic carbocycles. The zero-order chi connectivity index (χ0) is 20.6. The number of fused-ring (bicyclic) bond motifs is 1. The van der Waals surface area contributed by atoms with Gasteiger partial charge in [-0.1, -0.05) is 81.1 Å². The summed E-state index contributed by atoms with van der Waals surface area (Å²) in [6, 6.07) is 9.47. The van der Waals surface area contributed by atoms with Crippen molar-refractivity contribution in [2.45, 2.75) is 64.1 Å². The highest BCUT2D eigenvalue weighted by Crippen LogP contribution is 2.29. The van der Waals surface area contributed by atoms with Gasteiger partial charge in [0, 0.05) is 19.3 Å². The second-order valence-corrected chi connectivity index (χ2v) is 8.78. The SMILES string of the molecule is CCCCCCCCSC1=NC2C(C(=O)NC(=O)N2C)N1CCc1ccccc1. The smallest absolute Gasteiger partial charge is 0.325 e. The highest BCUT2D eigenvalue weighted by molar-refractivity contribution is 8.13. The van der Waals surface area contributed by atoms with Crippen LogP contribution >= 0.6 is 11.8 Å². The molecule has 29 heavy (non-hydrogen) atoms. The van der Waals surface area contributed by atoms with Crippen LogP contribution in [0.25, 0.3) is 0 Å². The van der Waals surface area contributed by atoms with Gasteiger partial charge < -0.3 is 9.80 Å². The van der Waals surface area contributed by atoms with Crippen LogP contribution in [0.2, 0.25) is 0 Å². The number of hydrogen-bond donors (Lipinski definition) is 1. The first kappa shape index (κ1) is 21.7. The number of likely N-dealkylation sites (N-methyl/N-ethyl adjacent to an activating group) is 1. The van der Waals surface area contributed by atoms with Crippen LogP contribution in [0.3, 0.4) is 0 Å². The van der Waals surface area contributed by atoms with Crippen LogP contribution in [-0.2, 0) is 11.2 Å². The predicted molar refractivity (Wildman–Crippen MR) is 119 cm³/mol. The van der Waals surface area contributed by atoms with Crippen molar-refractivity contribution in [1.82, 2.24) is 15.1 Å². The van der Waals surface area contributed by atoms with E-state index < -0.39 is 12.2 Å². The van der Waals surface area contributed by atoms with Crippen LogP contribution in [0.4, 0.5) is 4.79 Å². The number of carbonyl (C=O) groups is 2. The maximum Gasteiger partial charge on any atom is 0.325 e. The fourth-order valence-electron chi connectivity index (χ4n) is 3.80. The average Bonchev–Trinajstić information content (AvgIpc) is 3.10. The molecule has 0 spiro atoms. The number of amidine groups is 1. The van der Waals surface area contributed by atoms with Crippen molar-refractivity contribution in [2.75, 3.05) is 19.3 Å².